The van der Waals surface area contributed by atoms with Crippen LogP contribution in [0.2, 0.25) is 0 Å². The first kappa shape index (κ1) is 33.7. The number of carbonyl (C=O) groups is 1. The Hall–Kier alpha value is -0.650. The summed E-state index contributed by atoms with van der Waals surface area (Å²) in [6.07, 6.45) is -1.56. The Morgan fingerprint density at radius 2 is 1.53 bits per heavy atom. The Morgan fingerprint density at radius 3 is 2.19 bits per heavy atom. The van der Waals surface area contributed by atoms with E-state index in [0.29, 0.717) is 48.9 Å². The lowest BCUT2D eigenvalue weighted by atomic mass is 9.44. The van der Waals surface area contributed by atoms with E-state index < -0.39 is 49.5 Å². The van der Waals surface area contributed by atoms with E-state index in [1.54, 1.807) is 0 Å². The number of aliphatic hydroxyl groups is 6. The molecule has 9 heteroatoms. The molecule has 1 saturated heterocycles. The average molecular weight is 611 g/mol. The summed E-state index contributed by atoms with van der Waals surface area (Å²) in [5.74, 6) is 1.93. The Bertz CT molecular complexity index is 989. The highest BCUT2D eigenvalue weighted by Crippen LogP contribution is 2.68. The summed E-state index contributed by atoms with van der Waals surface area (Å²) in [7, 11) is 0. The molecule has 0 unspecified atom stereocenters. The fraction of sp³-hybridized carbons (Fsp3) is 0.971. The van der Waals surface area contributed by atoms with Gasteiger partial charge in [-0.3, -0.25) is 4.79 Å². The number of ether oxygens (including phenoxy) is 2. The van der Waals surface area contributed by atoms with Crippen molar-refractivity contribution in [1.82, 2.24) is 0 Å². The van der Waals surface area contributed by atoms with E-state index in [9.17, 15) is 35.4 Å². The van der Waals surface area contributed by atoms with Gasteiger partial charge in [0.25, 0.3) is 0 Å². The molecular formula is C34H58O9. The molecule has 4 aliphatic carbocycles. The summed E-state index contributed by atoms with van der Waals surface area (Å²) < 4.78 is 11.7. The Kier molecular flexibility index (Phi) is 9.81. The van der Waals surface area contributed by atoms with Crippen LogP contribution in [-0.4, -0.2) is 92.0 Å². The summed E-state index contributed by atoms with van der Waals surface area (Å²) in [5, 5.41) is 62.6. The lowest BCUT2D eigenvalue weighted by Crippen LogP contribution is -2.61. The minimum absolute atomic E-state index is 0.0135. The molecule has 5 aliphatic rings. The molecule has 5 fully saturated rings. The molecule has 0 aromatic carbocycles. The standard InChI is InChI=1S/C34H58O9/c1-16(2)17(3)27(37)28(38)18(4)21-7-8-22-20-14-25(36)24-13-19(9-11-34(24,6)23(20)10-12-33(21,22)5)42-32-31(41)30(40)29(39)26(15-35)43-32/h16-24,26-32,35,37-41H,7-15H2,1-6H3/t17-,18-,19-,20-,21+,22-,23-,24+,26+,27+,28+,29+,30-,31+,32+,33+,34+/m0/s1. The number of rotatable bonds is 8. The van der Waals surface area contributed by atoms with Gasteiger partial charge in [-0.25, -0.2) is 0 Å². The van der Waals surface area contributed by atoms with Crippen LogP contribution >= 0.6 is 0 Å². The van der Waals surface area contributed by atoms with Gasteiger partial charge in [0.05, 0.1) is 24.9 Å². The molecule has 6 N–H and O–H groups in total. The minimum atomic E-state index is -1.49. The fourth-order valence-electron chi connectivity index (χ4n) is 10.7. The monoisotopic (exact) mass is 610 g/mol. The second-order valence-corrected chi connectivity index (χ2v) is 16.0. The first-order valence-electron chi connectivity index (χ1n) is 17.0. The van der Waals surface area contributed by atoms with Crippen LogP contribution in [0.4, 0.5) is 0 Å². The Labute approximate surface area is 257 Å². The third kappa shape index (κ3) is 5.66. The predicted molar refractivity (Wildman–Crippen MR) is 159 cm³/mol. The molecular weight excluding hydrogens is 552 g/mol. The van der Waals surface area contributed by atoms with Crippen LogP contribution in [0.5, 0.6) is 0 Å². The van der Waals surface area contributed by atoms with Gasteiger partial charge in [-0.05, 0) is 97.2 Å². The number of fused-ring (bicyclic) bond motifs is 5. The molecule has 0 aromatic rings. The van der Waals surface area contributed by atoms with E-state index >= 15 is 0 Å². The van der Waals surface area contributed by atoms with Crippen LogP contribution < -0.4 is 0 Å². The van der Waals surface area contributed by atoms with Gasteiger partial charge in [0.1, 0.15) is 30.2 Å². The Balaban J connectivity index is 1.27. The maximum atomic E-state index is 13.9. The number of hydrogen-bond acceptors (Lipinski definition) is 9. The maximum absolute atomic E-state index is 13.9. The third-order valence-electron chi connectivity index (χ3n) is 13.8. The largest absolute Gasteiger partial charge is 0.394 e. The first-order valence-corrected chi connectivity index (χ1v) is 17.0. The smallest absolute Gasteiger partial charge is 0.186 e. The molecule has 0 aromatic heterocycles. The van der Waals surface area contributed by atoms with E-state index in [1.165, 1.54) is 0 Å². The number of ketones is 1. The second kappa shape index (κ2) is 12.5. The Morgan fingerprint density at radius 1 is 0.884 bits per heavy atom. The predicted octanol–water partition coefficient (Wildman–Crippen LogP) is 2.66. The third-order valence-corrected chi connectivity index (χ3v) is 13.8. The summed E-state index contributed by atoms with van der Waals surface area (Å²) in [6.45, 7) is 12.5. The van der Waals surface area contributed by atoms with Crippen LogP contribution in [0.1, 0.15) is 92.9 Å². The van der Waals surface area contributed by atoms with Crippen LogP contribution in [0.3, 0.4) is 0 Å². The van der Waals surface area contributed by atoms with E-state index in [1.807, 2.05) is 6.92 Å². The maximum Gasteiger partial charge on any atom is 0.186 e. The molecule has 248 valence electrons. The van der Waals surface area contributed by atoms with Gasteiger partial charge in [0.15, 0.2) is 6.29 Å². The van der Waals surface area contributed by atoms with Crippen molar-refractivity contribution in [3.8, 4) is 0 Å². The van der Waals surface area contributed by atoms with Crippen molar-refractivity contribution in [2.45, 2.75) is 142 Å². The van der Waals surface area contributed by atoms with Crippen molar-refractivity contribution in [2.24, 2.45) is 58.2 Å². The topological polar surface area (TPSA) is 157 Å². The van der Waals surface area contributed by atoms with E-state index in [0.717, 1.165) is 32.1 Å². The van der Waals surface area contributed by atoms with Crippen molar-refractivity contribution < 1.29 is 44.9 Å². The van der Waals surface area contributed by atoms with E-state index in [4.69, 9.17) is 9.47 Å². The zero-order valence-electron chi connectivity index (χ0n) is 27.0. The van der Waals surface area contributed by atoms with Crippen molar-refractivity contribution in [3.63, 3.8) is 0 Å². The van der Waals surface area contributed by atoms with E-state index in [2.05, 4.69) is 34.6 Å². The molecule has 1 heterocycles. The molecule has 5 rings (SSSR count). The number of carbonyl (C=O) groups excluding carboxylic acids is 1. The molecule has 1 aliphatic heterocycles. The van der Waals surface area contributed by atoms with Gasteiger partial charge < -0.3 is 40.1 Å². The molecule has 43 heavy (non-hydrogen) atoms. The molecule has 17 atom stereocenters. The number of aliphatic hydroxyl groups excluding tert-OH is 6. The van der Waals surface area contributed by atoms with Crippen LogP contribution in [0, 0.1) is 58.2 Å². The van der Waals surface area contributed by atoms with Crippen molar-refractivity contribution in [1.29, 1.82) is 0 Å². The second-order valence-electron chi connectivity index (χ2n) is 16.0. The van der Waals surface area contributed by atoms with Crippen LogP contribution in [0.25, 0.3) is 0 Å². The summed E-state index contributed by atoms with van der Waals surface area (Å²) in [6, 6.07) is 0. The summed E-state index contributed by atoms with van der Waals surface area (Å²) in [5.41, 5.74) is -0.0993. The minimum Gasteiger partial charge on any atom is -0.394 e. The van der Waals surface area contributed by atoms with Gasteiger partial charge >= 0.3 is 0 Å². The average Bonchev–Trinajstić information content (AvgIpc) is 3.33. The lowest BCUT2D eigenvalue weighted by molar-refractivity contribution is -0.315. The molecule has 0 radical (unpaired) electrons. The molecule has 4 saturated carbocycles. The van der Waals surface area contributed by atoms with Crippen LogP contribution in [-0.2, 0) is 14.3 Å². The van der Waals surface area contributed by atoms with Gasteiger partial charge in [0.2, 0.25) is 0 Å². The summed E-state index contributed by atoms with van der Waals surface area (Å²) in [4.78, 5) is 13.9. The van der Waals surface area contributed by atoms with Gasteiger partial charge in [-0.1, -0.05) is 41.5 Å². The first-order chi connectivity index (χ1) is 20.1. The van der Waals surface area contributed by atoms with E-state index in [-0.39, 0.29) is 40.5 Å². The van der Waals surface area contributed by atoms with Gasteiger partial charge in [-0.15, -0.1) is 0 Å². The van der Waals surface area contributed by atoms with Crippen LogP contribution in [0.15, 0.2) is 0 Å². The normalized spacial score (nSPS) is 49.5. The quantitative estimate of drug-likeness (QED) is 0.227. The lowest BCUT2D eigenvalue weighted by Gasteiger charge is -2.60. The molecule has 0 spiro atoms. The highest BCUT2D eigenvalue weighted by atomic mass is 16.7. The van der Waals surface area contributed by atoms with Gasteiger partial charge in [0, 0.05) is 12.3 Å². The SMILES string of the molecule is CC(C)[C@H](C)[C@@H](O)[C@H](O)[C@@H](C)[C@H]1CC[C@H]2[C@@H]3CC(=O)[C@H]4C[C@@H](O[C@@H]5O[C@H](CO)[C@@H](O)[C@H](O)[C@H]5O)CC[C@]4(C)[C@H]3CC[C@]12C. The van der Waals surface area contributed by atoms with Gasteiger partial charge in [-0.2, -0.15) is 0 Å². The zero-order chi connectivity index (χ0) is 31.6. The number of hydrogen-bond donors (Lipinski definition) is 6. The zero-order valence-corrected chi connectivity index (χ0v) is 27.0. The number of Topliss-reactive ketones (excluding diaryl/α,β-unsaturated/α-hetero) is 1. The highest BCUT2D eigenvalue weighted by Gasteiger charge is 2.63. The highest BCUT2D eigenvalue weighted by molar-refractivity contribution is 5.83. The summed E-state index contributed by atoms with van der Waals surface area (Å²) >= 11 is 0. The van der Waals surface area contributed by atoms with Crippen molar-refractivity contribution in [3.05, 3.63) is 0 Å². The van der Waals surface area contributed by atoms with Crippen molar-refractivity contribution >= 4 is 5.78 Å². The molecule has 0 bridgehead atoms. The molecule has 0 amide bonds. The fourth-order valence-corrected chi connectivity index (χ4v) is 10.7. The molecule has 9 nitrogen and oxygen atoms in total. The van der Waals surface area contributed by atoms with Crippen molar-refractivity contribution in [2.75, 3.05) is 6.61 Å².